The van der Waals surface area contributed by atoms with Gasteiger partial charge in [-0.3, -0.25) is 4.98 Å². The van der Waals surface area contributed by atoms with E-state index in [1.165, 1.54) is 5.56 Å². The molecule has 6 nitrogen and oxygen atoms in total. The summed E-state index contributed by atoms with van der Waals surface area (Å²) in [4.78, 5) is 18.5. The quantitative estimate of drug-likeness (QED) is 0.714. The standard InChI is InChI=1S/C22H26N6/c1-2-27-12-14-28(15-13-27)22-25-20(19-6-4-3-5-7-19)16-21(26-22)24-17-18-8-10-23-11-9-18/h3-11,16H,2,12-15,17H2,1H3,(H,24,25,26). The Morgan fingerprint density at radius 1 is 0.929 bits per heavy atom. The van der Waals surface area contributed by atoms with Crippen LogP contribution in [0.5, 0.6) is 0 Å². The summed E-state index contributed by atoms with van der Waals surface area (Å²) in [6.45, 7) is 8.02. The summed E-state index contributed by atoms with van der Waals surface area (Å²) in [5.41, 5.74) is 3.22. The molecular formula is C22H26N6. The van der Waals surface area contributed by atoms with Gasteiger partial charge in [-0.15, -0.1) is 0 Å². The monoisotopic (exact) mass is 374 g/mol. The van der Waals surface area contributed by atoms with Crippen molar-refractivity contribution in [2.45, 2.75) is 13.5 Å². The van der Waals surface area contributed by atoms with E-state index >= 15 is 0 Å². The molecule has 6 heteroatoms. The maximum atomic E-state index is 4.88. The third kappa shape index (κ3) is 4.46. The van der Waals surface area contributed by atoms with Gasteiger partial charge in [0.2, 0.25) is 5.95 Å². The van der Waals surface area contributed by atoms with Gasteiger partial charge in [0.1, 0.15) is 5.82 Å². The van der Waals surface area contributed by atoms with Gasteiger partial charge in [-0.25, -0.2) is 4.98 Å². The van der Waals surface area contributed by atoms with Crippen molar-refractivity contribution in [2.75, 3.05) is 42.9 Å². The summed E-state index contributed by atoms with van der Waals surface area (Å²) < 4.78 is 0. The molecule has 0 unspecified atom stereocenters. The molecule has 0 aliphatic carbocycles. The molecule has 0 bridgehead atoms. The molecular weight excluding hydrogens is 348 g/mol. The molecule has 3 heterocycles. The van der Waals surface area contributed by atoms with Gasteiger partial charge < -0.3 is 15.1 Å². The summed E-state index contributed by atoms with van der Waals surface area (Å²) in [6.07, 6.45) is 3.62. The number of aromatic nitrogens is 3. The summed E-state index contributed by atoms with van der Waals surface area (Å²) in [5, 5.41) is 3.45. The molecule has 2 aromatic heterocycles. The number of hydrogen-bond donors (Lipinski definition) is 1. The molecule has 4 rings (SSSR count). The van der Waals surface area contributed by atoms with Crippen molar-refractivity contribution < 1.29 is 0 Å². The Balaban J connectivity index is 1.59. The van der Waals surface area contributed by atoms with Crippen LogP contribution >= 0.6 is 0 Å². The molecule has 0 saturated carbocycles. The van der Waals surface area contributed by atoms with Crippen LogP contribution in [-0.4, -0.2) is 52.6 Å². The predicted molar refractivity (Wildman–Crippen MR) is 113 cm³/mol. The van der Waals surface area contributed by atoms with Gasteiger partial charge in [0.25, 0.3) is 0 Å². The third-order valence-corrected chi connectivity index (χ3v) is 5.11. The summed E-state index contributed by atoms with van der Waals surface area (Å²) >= 11 is 0. The van der Waals surface area contributed by atoms with Crippen molar-refractivity contribution >= 4 is 11.8 Å². The predicted octanol–water partition coefficient (Wildman–Crippen LogP) is 3.29. The number of nitrogens with one attached hydrogen (secondary N) is 1. The largest absolute Gasteiger partial charge is 0.366 e. The van der Waals surface area contributed by atoms with Gasteiger partial charge in [-0.1, -0.05) is 37.3 Å². The molecule has 1 aliphatic heterocycles. The van der Waals surface area contributed by atoms with Crippen molar-refractivity contribution in [3.05, 3.63) is 66.5 Å². The molecule has 0 spiro atoms. The van der Waals surface area contributed by atoms with E-state index in [-0.39, 0.29) is 0 Å². The Labute approximate surface area is 166 Å². The van der Waals surface area contributed by atoms with E-state index in [0.29, 0.717) is 6.54 Å². The Bertz CT molecular complexity index is 876. The normalized spacial score (nSPS) is 14.8. The summed E-state index contributed by atoms with van der Waals surface area (Å²) in [5.74, 6) is 1.65. The first kappa shape index (κ1) is 18.4. The van der Waals surface area contributed by atoms with E-state index in [1.807, 2.05) is 48.8 Å². The SMILES string of the molecule is CCN1CCN(c2nc(NCc3ccncc3)cc(-c3ccccc3)n2)CC1. The summed E-state index contributed by atoms with van der Waals surface area (Å²) in [6, 6.07) is 16.3. The number of hydrogen-bond acceptors (Lipinski definition) is 6. The highest BCUT2D eigenvalue weighted by molar-refractivity contribution is 5.64. The van der Waals surface area contributed by atoms with Crippen LogP contribution in [0.4, 0.5) is 11.8 Å². The molecule has 28 heavy (non-hydrogen) atoms. The topological polar surface area (TPSA) is 57.2 Å². The first-order chi connectivity index (χ1) is 13.8. The molecule has 1 aliphatic rings. The van der Waals surface area contributed by atoms with E-state index in [2.05, 4.69) is 39.2 Å². The lowest BCUT2D eigenvalue weighted by Crippen LogP contribution is -2.46. The Morgan fingerprint density at radius 2 is 1.68 bits per heavy atom. The fraction of sp³-hybridized carbons (Fsp3) is 0.318. The minimum atomic E-state index is 0.705. The lowest BCUT2D eigenvalue weighted by atomic mass is 10.1. The van der Waals surface area contributed by atoms with E-state index in [9.17, 15) is 0 Å². The van der Waals surface area contributed by atoms with Gasteiger partial charge in [-0.05, 0) is 24.2 Å². The highest BCUT2D eigenvalue weighted by atomic mass is 15.3. The number of anilines is 2. The molecule has 0 amide bonds. The van der Waals surface area contributed by atoms with Crippen LogP contribution in [0.2, 0.25) is 0 Å². The Kier molecular flexibility index (Phi) is 5.77. The minimum absolute atomic E-state index is 0.705. The first-order valence-electron chi connectivity index (χ1n) is 9.86. The maximum Gasteiger partial charge on any atom is 0.227 e. The van der Waals surface area contributed by atoms with E-state index in [4.69, 9.17) is 9.97 Å². The van der Waals surface area contributed by atoms with E-state index in [0.717, 1.165) is 55.7 Å². The number of likely N-dealkylation sites (N-methyl/N-ethyl adjacent to an activating group) is 1. The second kappa shape index (κ2) is 8.80. The second-order valence-corrected chi connectivity index (χ2v) is 6.93. The fourth-order valence-corrected chi connectivity index (χ4v) is 3.38. The molecule has 0 atom stereocenters. The van der Waals surface area contributed by atoms with E-state index in [1.54, 1.807) is 0 Å². The molecule has 144 valence electrons. The number of piperazine rings is 1. The van der Waals surface area contributed by atoms with Gasteiger partial charge >= 0.3 is 0 Å². The first-order valence-corrected chi connectivity index (χ1v) is 9.86. The van der Waals surface area contributed by atoms with Crippen molar-refractivity contribution in [2.24, 2.45) is 0 Å². The van der Waals surface area contributed by atoms with Crippen LogP contribution in [0.15, 0.2) is 60.9 Å². The van der Waals surface area contributed by atoms with Gasteiger partial charge in [0.15, 0.2) is 0 Å². The Hall–Kier alpha value is -2.99. The lowest BCUT2D eigenvalue weighted by Gasteiger charge is -2.34. The highest BCUT2D eigenvalue weighted by Gasteiger charge is 2.19. The highest BCUT2D eigenvalue weighted by Crippen LogP contribution is 2.24. The van der Waals surface area contributed by atoms with Gasteiger partial charge in [0.05, 0.1) is 5.69 Å². The minimum Gasteiger partial charge on any atom is -0.366 e. The summed E-state index contributed by atoms with van der Waals surface area (Å²) in [7, 11) is 0. The van der Waals surface area contributed by atoms with Gasteiger partial charge in [0, 0.05) is 56.7 Å². The average Bonchev–Trinajstić information content (AvgIpc) is 2.79. The van der Waals surface area contributed by atoms with Gasteiger partial charge in [-0.2, -0.15) is 4.98 Å². The smallest absolute Gasteiger partial charge is 0.227 e. The average molecular weight is 374 g/mol. The van der Waals surface area contributed by atoms with Crippen LogP contribution < -0.4 is 10.2 Å². The van der Waals surface area contributed by atoms with Crippen LogP contribution in [0.25, 0.3) is 11.3 Å². The molecule has 3 aromatic rings. The number of pyridine rings is 1. The van der Waals surface area contributed by atoms with Crippen molar-refractivity contribution in [1.82, 2.24) is 19.9 Å². The van der Waals surface area contributed by atoms with Crippen LogP contribution in [0.3, 0.4) is 0 Å². The number of nitrogens with zero attached hydrogens (tertiary/aromatic N) is 5. The maximum absolute atomic E-state index is 4.88. The van der Waals surface area contributed by atoms with Crippen molar-refractivity contribution in [1.29, 1.82) is 0 Å². The zero-order chi connectivity index (χ0) is 19.2. The molecule has 1 aromatic carbocycles. The lowest BCUT2D eigenvalue weighted by molar-refractivity contribution is 0.270. The number of benzene rings is 1. The molecule has 1 N–H and O–H groups in total. The van der Waals surface area contributed by atoms with E-state index < -0.39 is 0 Å². The van der Waals surface area contributed by atoms with Crippen LogP contribution in [0, 0.1) is 0 Å². The zero-order valence-electron chi connectivity index (χ0n) is 16.3. The van der Waals surface area contributed by atoms with Crippen LogP contribution in [0.1, 0.15) is 12.5 Å². The fourth-order valence-electron chi connectivity index (χ4n) is 3.38. The van der Waals surface area contributed by atoms with Crippen molar-refractivity contribution in [3.8, 4) is 11.3 Å². The molecule has 0 radical (unpaired) electrons. The third-order valence-electron chi connectivity index (χ3n) is 5.11. The Morgan fingerprint density at radius 3 is 2.39 bits per heavy atom. The van der Waals surface area contributed by atoms with Crippen molar-refractivity contribution in [3.63, 3.8) is 0 Å². The second-order valence-electron chi connectivity index (χ2n) is 6.93. The number of rotatable bonds is 6. The zero-order valence-corrected chi connectivity index (χ0v) is 16.3. The molecule has 1 fully saturated rings. The van der Waals surface area contributed by atoms with Crippen LogP contribution in [-0.2, 0) is 6.54 Å². The molecule has 1 saturated heterocycles.